The molecule has 172 valence electrons. The number of alkyl halides is 6. The molecule has 0 unspecified atom stereocenters. The lowest BCUT2D eigenvalue weighted by atomic mass is 10.1. The van der Waals surface area contributed by atoms with Gasteiger partial charge >= 0.3 is 12.4 Å². The molecule has 0 heterocycles. The fourth-order valence-corrected chi connectivity index (χ4v) is 4.12. The summed E-state index contributed by atoms with van der Waals surface area (Å²) in [6, 6.07) is 0.361. The second-order valence-electron chi connectivity index (χ2n) is 5.72. The number of hydrogen-bond donors (Lipinski definition) is 1. The summed E-state index contributed by atoms with van der Waals surface area (Å²) in [5, 5.41) is 35.2. The Morgan fingerprint density at radius 1 is 0.750 bits per heavy atom. The van der Waals surface area contributed by atoms with Crippen LogP contribution in [0, 0.1) is 30.3 Å². The van der Waals surface area contributed by atoms with E-state index in [0.29, 0.717) is 6.07 Å². The van der Waals surface area contributed by atoms with E-state index in [1.54, 1.807) is 5.32 Å². The summed E-state index contributed by atoms with van der Waals surface area (Å²) < 4.78 is 78.6. The van der Waals surface area contributed by atoms with E-state index in [1.165, 1.54) is 0 Å². The number of nitro groups is 3. The maximum absolute atomic E-state index is 13.5. The second kappa shape index (κ2) is 8.49. The predicted molar refractivity (Wildman–Crippen MR) is 102 cm³/mol. The average molecular weight is 598 g/mol. The lowest BCUT2D eigenvalue weighted by molar-refractivity contribution is -0.394. The Kier molecular flexibility index (Phi) is 6.70. The van der Waals surface area contributed by atoms with Crippen molar-refractivity contribution in [3.05, 3.63) is 68.6 Å². The Balaban J connectivity index is 2.97. The largest absolute Gasteiger partial charge is 0.418 e. The number of non-ortho nitro benzene ring substituents is 1. The fourth-order valence-electron chi connectivity index (χ4n) is 2.47. The summed E-state index contributed by atoms with van der Waals surface area (Å²) in [6.07, 6.45) is -10.6. The van der Waals surface area contributed by atoms with Crippen molar-refractivity contribution in [1.29, 1.82) is 0 Å². The predicted octanol–water partition coefficient (Wildman–Crippen LogP) is 6.72. The third-order valence-corrected chi connectivity index (χ3v) is 5.16. The van der Waals surface area contributed by atoms with Crippen LogP contribution in [0.25, 0.3) is 0 Å². The maximum atomic E-state index is 13.5. The zero-order valence-corrected chi connectivity index (χ0v) is 17.7. The van der Waals surface area contributed by atoms with Gasteiger partial charge in [-0.15, -0.1) is 0 Å². The van der Waals surface area contributed by atoms with E-state index < -0.39 is 75.6 Å². The molecule has 0 aliphatic carbocycles. The molecule has 0 aliphatic rings. The number of anilines is 2. The highest BCUT2D eigenvalue weighted by atomic mass is 79.9. The van der Waals surface area contributed by atoms with Crippen LogP contribution in [0.15, 0.2) is 27.1 Å². The molecule has 0 radical (unpaired) electrons. The lowest BCUT2D eigenvalue weighted by Gasteiger charge is -2.18. The molecule has 1 N–H and O–H groups in total. The highest BCUT2D eigenvalue weighted by Crippen LogP contribution is 2.50. The van der Waals surface area contributed by atoms with Crippen LogP contribution >= 0.6 is 31.9 Å². The summed E-state index contributed by atoms with van der Waals surface area (Å²) in [5.41, 5.74) is -10.4. The number of nitro benzene ring substituents is 3. The van der Waals surface area contributed by atoms with Crippen LogP contribution in [-0.4, -0.2) is 14.8 Å². The topological polar surface area (TPSA) is 141 Å². The van der Waals surface area contributed by atoms with Gasteiger partial charge in [0.05, 0.1) is 36.4 Å². The van der Waals surface area contributed by atoms with Crippen molar-refractivity contribution in [2.75, 3.05) is 5.32 Å². The Labute approximate surface area is 187 Å². The van der Waals surface area contributed by atoms with Gasteiger partial charge in [0.2, 0.25) is 0 Å². The number of rotatable bonds is 5. The number of nitrogens with one attached hydrogen (secondary N) is 1. The van der Waals surface area contributed by atoms with Gasteiger partial charge in [-0.2, -0.15) is 26.3 Å². The van der Waals surface area contributed by atoms with Crippen LogP contribution < -0.4 is 5.32 Å². The zero-order valence-electron chi connectivity index (χ0n) is 14.5. The summed E-state index contributed by atoms with van der Waals surface area (Å²) in [4.78, 5) is 29.4. The minimum atomic E-state index is -5.47. The number of halogens is 8. The van der Waals surface area contributed by atoms with E-state index in [1.807, 2.05) is 0 Å². The van der Waals surface area contributed by atoms with E-state index in [4.69, 9.17) is 0 Å². The summed E-state index contributed by atoms with van der Waals surface area (Å²) in [5.74, 6) is 0. The van der Waals surface area contributed by atoms with Crippen LogP contribution in [0.2, 0.25) is 0 Å². The molecule has 10 nitrogen and oxygen atoms in total. The van der Waals surface area contributed by atoms with Gasteiger partial charge in [-0.05, 0) is 31.9 Å². The van der Waals surface area contributed by atoms with E-state index in [9.17, 15) is 56.7 Å². The molecular formula is C14H4Br2F6N4O6. The molecule has 0 bridgehead atoms. The molecule has 18 heteroatoms. The summed E-state index contributed by atoms with van der Waals surface area (Å²) in [7, 11) is 0. The molecule has 2 aromatic carbocycles. The minimum Gasteiger partial charge on any atom is -0.343 e. The van der Waals surface area contributed by atoms with Crippen molar-refractivity contribution in [2.24, 2.45) is 0 Å². The first-order chi connectivity index (χ1) is 14.5. The van der Waals surface area contributed by atoms with Gasteiger partial charge in [-0.25, -0.2) is 0 Å². The molecular weight excluding hydrogens is 594 g/mol. The monoisotopic (exact) mass is 596 g/mol. The van der Waals surface area contributed by atoms with Crippen molar-refractivity contribution in [3.63, 3.8) is 0 Å². The highest BCUT2D eigenvalue weighted by molar-refractivity contribution is 9.11. The smallest absolute Gasteiger partial charge is 0.343 e. The zero-order chi connectivity index (χ0) is 24.8. The van der Waals surface area contributed by atoms with E-state index in [2.05, 4.69) is 31.9 Å². The van der Waals surface area contributed by atoms with Gasteiger partial charge in [0.1, 0.15) is 11.4 Å². The lowest BCUT2D eigenvalue weighted by Crippen LogP contribution is -2.14. The van der Waals surface area contributed by atoms with E-state index >= 15 is 0 Å². The van der Waals surface area contributed by atoms with Gasteiger partial charge in [0.15, 0.2) is 0 Å². The van der Waals surface area contributed by atoms with Crippen molar-refractivity contribution in [2.45, 2.75) is 12.4 Å². The molecule has 2 aromatic rings. The Morgan fingerprint density at radius 2 is 1.25 bits per heavy atom. The van der Waals surface area contributed by atoms with Gasteiger partial charge in [0, 0.05) is 16.6 Å². The van der Waals surface area contributed by atoms with Gasteiger partial charge < -0.3 is 5.32 Å². The Hall–Kier alpha value is -3.02. The average Bonchev–Trinajstić information content (AvgIpc) is 2.60. The van der Waals surface area contributed by atoms with Crippen LogP contribution in [0.5, 0.6) is 0 Å². The molecule has 2 rings (SSSR count). The van der Waals surface area contributed by atoms with Crippen molar-refractivity contribution in [1.82, 2.24) is 0 Å². The van der Waals surface area contributed by atoms with Gasteiger partial charge in [-0.3, -0.25) is 30.3 Å². The molecule has 0 fully saturated rings. The Morgan fingerprint density at radius 3 is 1.66 bits per heavy atom. The van der Waals surface area contributed by atoms with Gasteiger partial charge in [-0.1, -0.05) is 0 Å². The molecule has 0 saturated heterocycles. The van der Waals surface area contributed by atoms with E-state index in [-0.39, 0.29) is 12.1 Å². The first-order valence-electron chi connectivity index (χ1n) is 7.51. The Bertz CT molecular complexity index is 1150. The fraction of sp³-hybridized carbons (Fsp3) is 0.143. The minimum absolute atomic E-state index is 0.0986. The SMILES string of the molecule is O=[N+]([O-])c1cc([N+](=O)[O-])c(Nc2c([N+](=O)[O-])cc(Br)c(C(F)(F)F)c2Br)c(C(F)(F)F)c1. The highest BCUT2D eigenvalue weighted by Gasteiger charge is 2.42. The third-order valence-electron chi connectivity index (χ3n) is 3.74. The summed E-state index contributed by atoms with van der Waals surface area (Å²) >= 11 is 4.93. The van der Waals surface area contributed by atoms with Crippen LogP contribution in [0.1, 0.15) is 11.1 Å². The number of nitrogens with zero attached hydrogens (tertiary/aromatic N) is 3. The molecule has 0 aliphatic heterocycles. The molecule has 0 saturated carbocycles. The normalized spacial score (nSPS) is 11.9. The molecule has 0 atom stereocenters. The van der Waals surface area contributed by atoms with Crippen molar-refractivity contribution < 1.29 is 41.1 Å². The molecule has 0 spiro atoms. The third kappa shape index (κ3) is 4.90. The molecule has 32 heavy (non-hydrogen) atoms. The summed E-state index contributed by atoms with van der Waals surface area (Å²) in [6.45, 7) is 0. The maximum Gasteiger partial charge on any atom is 0.418 e. The molecule has 0 amide bonds. The van der Waals surface area contributed by atoms with Crippen LogP contribution in [0.3, 0.4) is 0 Å². The standard InChI is InChI=1S/C14H4Br2F6N4O6/c15-6-3-8(26(31)32)12(10(16)9(6)14(20,21)22)23-11-5(13(17,18)19)1-4(24(27)28)2-7(11)25(29)30/h1-3,23H. The first-order valence-corrected chi connectivity index (χ1v) is 9.10. The number of hydrogen-bond acceptors (Lipinski definition) is 7. The van der Waals surface area contributed by atoms with Crippen LogP contribution in [-0.2, 0) is 12.4 Å². The molecule has 0 aromatic heterocycles. The van der Waals surface area contributed by atoms with E-state index in [0.717, 1.165) is 0 Å². The number of benzene rings is 2. The first kappa shape index (κ1) is 25.2. The van der Waals surface area contributed by atoms with Crippen molar-refractivity contribution in [3.8, 4) is 0 Å². The second-order valence-corrected chi connectivity index (χ2v) is 7.37. The van der Waals surface area contributed by atoms with Crippen LogP contribution in [0.4, 0.5) is 54.8 Å². The van der Waals surface area contributed by atoms with Crippen molar-refractivity contribution >= 4 is 60.3 Å². The quantitative estimate of drug-likeness (QED) is 0.229. The van der Waals surface area contributed by atoms with Gasteiger partial charge in [0.25, 0.3) is 17.1 Å².